The van der Waals surface area contributed by atoms with Crippen molar-refractivity contribution in [2.75, 3.05) is 5.32 Å². The summed E-state index contributed by atoms with van der Waals surface area (Å²) >= 11 is 0. The zero-order chi connectivity index (χ0) is 14.4. The molecule has 0 unspecified atom stereocenters. The van der Waals surface area contributed by atoms with Crippen LogP contribution in [0.15, 0.2) is 40.3 Å². The Hall–Kier alpha value is -2.43. The fraction of sp³-hybridized carbons (Fsp3) is 0.312. The van der Waals surface area contributed by atoms with Crippen molar-refractivity contribution in [1.82, 2.24) is 10.1 Å². The lowest BCUT2D eigenvalue weighted by atomic mass is 9.76. The zero-order valence-electron chi connectivity index (χ0n) is 11.7. The predicted octanol–water partition coefficient (Wildman–Crippen LogP) is 2.94. The number of Topliss-reactive ketones (excluding diaryl/α,β-unsaturated/α-hetero) is 1. The minimum atomic E-state index is -0.121. The number of nitrogens with one attached hydrogen (secondary N) is 1. The summed E-state index contributed by atoms with van der Waals surface area (Å²) in [6.45, 7) is 1.91. The monoisotopic (exact) mass is 281 g/mol. The molecule has 0 fully saturated rings. The number of allylic oxidation sites excluding steroid dienone is 2. The molecule has 3 heterocycles. The predicted molar refractivity (Wildman–Crippen MR) is 76.8 cm³/mol. The average molecular weight is 281 g/mol. The summed E-state index contributed by atoms with van der Waals surface area (Å²) in [4.78, 5) is 16.7. The molecule has 2 aromatic rings. The van der Waals surface area contributed by atoms with Gasteiger partial charge in [0.25, 0.3) is 0 Å². The van der Waals surface area contributed by atoms with Crippen LogP contribution in [0.2, 0.25) is 0 Å². The van der Waals surface area contributed by atoms with Gasteiger partial charge in [-0.15, -0.1) is 0 Å². The van der Waals surface area contributed by atoms with E-state index in [0.29, 0.717) is 12.3 Å². The van der Waals surface area contributed by atoms with E-state index in [1.165, 1.54) is 0 Å². The third-order valence-electron chi connectivity index (χ3n) is 4.22. The Morgan fingerprint density at radius 2 is 2.29 bits per heavy atom. The van der Waals surface area contributed by atoms with Crippen LogP contribution in [0, 0.1) is 6.92 Å². The Kier molecular flexibility index (Phi) is 2.67. The molecule has 1 aliphatic carbocycles. The van der Waals surface area contributed by atoms with Crippen molar-refractivity contribution in [2.45, 2.75) is 32.1 Å². The average Bonchev–Trinajstić information content (AvgIpc) is 2.88. The second-order valence-electron chi connectivity index (χ2n) is 5.52. The summed E-state index contributed by atoms with van der Waals surface area (Å²) in [6, 6.07) is 3.90. The Morgan fingerprint density at radius 1 is 1.38 bits per heavy atom. The van der Waals surface area contributed by atoms with Gasteiger partial charge in [0.1, 0.15) is 0 Å². The van der Waals surface area contributed by atoms with E-state index in [-0.39, 0.29) is 11.7 Å². The van der Waals surface area contributed by atoms with Crippen LogP contribution < -0.4 is 5.32 Å². The van der Waals surface area contributed by atoms with E-state index in [1.54, 1.807) is 6.20 Å². The summed E-state index contributed by atoms with van der Waals surface area (Å²) in [5.74, 6) is 0.752. The number of hydrogen-bond donors (Lipinski definition) is 1. The fourth-order valence-electron chi connectivity index (χ4n) is 3.30. The summed E-state index contributed by atoms with van der Waals surface area (Å²) in [6.07, 6.45) is 5.92. The maximum absolute atomic E-state index is 12.5. The number of rotatable bonds is 1. The highest BCUT2D eigenvalue weighted by Crippen LogP contribution is 2.46. The van der Waals surface area contributed by atoms with Crippen molar-refractivity contribution < 1.29 is 9.32 Å². The van der Waals surface area contributed by atoms with E-state index in [9.17, 15) is 4.79 Å². The van der Waals surface area contributed by atoms with E-state index in [2.05, 4.69) is 15.5 Å². The standard InChI is InChI=1S/C16H15N3O2/c1-9-13-14(10-4-3-7-17-8-10)15-11(5-2-6-12(15)20)18-16(13)21-19-9/h3-4,7-8,14,18H,2,5-6H2,1H3/t14-/m0/s1. The molecule has 0 spiro atoms. The van der Waals surface area contributed by atoms with Crippen molar-refractivity contribution in [2.24, 2.45) is 0 Å². The molecule has 1 N–H and O–H groups in total. The van der Waals surface area contributed by atoms with Gasteiger partial charge in [-0.2, -0.15) is 0 Å². The van der Waals surface area contributed by atoms with Gasteiger partial charge in [-0.1, -0.05) is 11.2 Å². The minimum absolute atomic E-state index is 0.121. The number of pyridine rings is 1. The molecule has 1 aliphatic heterocycles. The van der Waals surface area contributed by atoms with Gasteiger partial charge >= 0.3 is 0 Å². The van der Waals surface area contributed by atoms with E-state index in [4.69, 9.17) is 4.52 Å². The molecule has 0 saturated heterocycles. The van der Waals surface area contributed by atoms with Crippen LogP contribution >= 0.6 is 0 Å². The fourth-order valence-corrected chi connectivity index (χ4v) is 3.30. The first kappa shape index (κ1) is 12.3. The zero-order valence-corrected chi connectivity index (χ0v) is 11.7. The normalized spacial score (nSPS) is 20.8. The molecule has 0 bridgehead atoms. The molecule has 4 rings (SSSR count). The highest BCUT2D eigenvalue weighted by molar-refractivity contribution is 6.00. The molecule has 5 heteroatoms. The Balaban J connectivity index is 1.96. The summed E-state index contributed by atoms with van der Waals surface area (Å²) < 4.78 is 5.40. The Morgan fingerprint density at radius 3 is 3.10 bits per heavy atom. The van der Waals surface area contributed by atoms with Crippen LogP contribution in [-0.2, 0) is 4.79 Å². The van der Waals surface area contributed by atoms with Gasteiger partial charge < -0.3 is 9.84 Å². The molecule has 0 radical (unpaired) electrons. The van der Waals surface area contributed by atoms with Crippen LogP contribution in [0.3, 0.4) is 0 Å². The first-order valence-electron chi connectivity index (χ1n) is 7.15. The maximum Gasteiger partial charge on any atom is 0.233 e. The molecule has 0 amide bonds. The number of ketones is 1. The topological polar surface area (TPSA) is 68.0 Å². The first-order valence-corrected chi connectivity index (χ1v) is 7.15. The number of fused-ring (bicyclic) bond motifs is 1. The number of carbonyl (C=O) groups excluding carboxylic acids is 1. The number of nitrogens with zero attached hydrogens (tertiary/aromatic N) is 2. The largest absolute Gasteiger partial charge is 0.338 e. The first-order chi connectivity index (χ1) is 10.3. The minimum Gasteiger partial charge on any atom is -0.338 e. The van der Waals surface area contributed by atoms with Crippen LogP contribution in [0.4, 0.5) is 5.88 Å². The maximum atomic E-state index is 12.5. The van der Waals surface area contributed by atoms with Crippen molar-refractivity contribution in [3.05, 3.63) is 52.6 Å². The third kappa shape index (κ3) is 1.81. The van der Waals surface area contributed by atoms with Crippen LogP contribution in [-0.4, -0.2) is 15.9 Å². The van der Waals surface area contributed by atoms with Crippen molar-refractivity contribution in [1.29, 1.82) is 0 Å². The number of carbonyl (C=O) groups is 1. The van der Waals surface area contributed by atoms with Gasteiger partial charge in [0.05, 0.1) is 11.3 Å². The van der Waals surface area contributed by atoms with Crippen LogP contribution in [0.1, 0.15) is 42.0 Å². The van der Waals surface area contributed by atoms with Gasteiger partial charge in [-0.05, 0) is 31.4 Å². The van der Waals surface area contributed by atoms with Gasteiger partial charge in [0.15, 0.2) is 5.78 Å². The van der Waals surface area contributed by atoms with Crippen molar-refractivity contribution >= 4 is 11.7 Å². The van der Waals surface area contributed by atoms with Gasteiger partial charge in [0, 0.05) is 36.0 Å². The van der Waals surface area contributed by atoms with E-state index in [1.807, 2.05) is 25.3 Å². The lowest BCUT2D eigenvalue weighted by Gasteiger charge is -2.31. The molecule has 0 saturated carbocycles. The summed E-state index contributed by atoms with van der Waals surface area (Å²) in [5, 5.41) is 7.32. The molecule has 2 aliphatic rings. The Labute approximate surface area is 122 Å². The SMILES string of the molecule is Cc1noc2c1[C@H](c1cccnc1)C1=C(CCCC1=O)N2. The van der Waals surface area contributed by atoms with Crippen molar-refractivity contribution in [3.8, 4) is 0 Å². The van der Waals surface area contributed by atoms with E-state index >= 15 is 0 Å². The number of anilines is 1. The van der Waals surface area contributed by atoms with Gasteiger partial charge in [-0.25, -0.2) is 0 Å². The molecule has 5 nitrogen and oxygen atoms in total. The lowest BCUT2D eigenvalue weighted by molar-refractivity contribution is -0.116. The molecule has 0 aromatic carbocycles. The summed E-state index contributed by atoms with van der Waals surface area (Å²) in [7, 11) is 0. The van der Waals surface area contributed by atoms with E-state index < -0.39 is 0 Å². The van der Waals surface area contributed by atoms with E-state index in [0.717, 1.165) is 40.9 Å². The third-order valence-corrected chi connectivity index (χ3v) is 4.22. The second kappa shape index (κ2) is 4.55. The van der Waals surface area contributed by atoms with Crippen molar-refractivity contribution in [3.63, 3.8) is 0 Å². The summed E-state index contributed by atoms with van der Waals surface area (Å²) in [5.41, 5.74) is 4.61. The number of hydrogen-bond acceptors (Lipinski definition) is 5. The van der Waals surface area contributed by atoms with Crippen LogP contribution in [0.5, 0.6) is 0 Å². The quantitative estimate of drug-likeness (QED) is 0.870. The molecule has 106 valence electrons. The number of aromatic nitrogens is 2. The highest BCUT2D eigenvalue weighted by atomic mass is 16.5. The van der Waals surface area contributed by atoms with Crippen LogP contribution in [0.25, 0.3) is 0 Å². The smallest absolute Gasteiger partial charge is 0.233 e. The molecule has 2 aromatic heterocycles. The molecule has 1 atom stereocenters. The second-order valence-corrected chi connectivity index (χ2v) is 5.52. The lowest BCUT2D eigenvalue weighted by Crippen LogP contribution is -2.26. The highest BCUT2D eigenvalue weighted by Gasteiger charge is 2.38. The molecular weight excluding hydrogens is 266 g/mol. The van der Waals surface area contributed by atoms with Gasteiger partial charge in [-0.3, -0.25) is 9.78 Å². The Bertz CT molecular complexity index is 746. The number of aryl methyl sites for hydroxylation is 1. The molecule has 21 heavy (non-hydrogen) atoms. The van der Waals surface area contributed by atoms with Gasteiger partial charge in [0.2, 0.25) is 5.88 Å². The molecular formula is C16H15N3O2.